The van der Waals surface area contributed by atoms with E-state index in [1.54, 1.807) is 22.8 Å². The molecular formula is C32H37N5O3. The third kappa shape index (κ3) is 6.57. The van der Waals surface area contributed by atoms with E-state index in [4.69, 9.17) is 4.74 Å². The molecule has 8 nitrogen and oxygen atoms in total. The number of Topliss-reactive ketones (excluding diaryl/α,β-unsaturated/α-hetero) is 1. The van der Waals surface area contributed by atoms with Crippen LogP contribution in [0.3, 0.4) is 0 Å². The number of carbonyl (C=O) groups excluding carboxylic acids is 2. The quantitative estimate of drug-likeness (QED) is 0.254. The second-order valence-electron chi connectivity index (χ2n) is 10.7. The number of carbonyl (C=O) groups is 2. The van der Waals surface area contributed by atoms with Gasteiger partial charge in [-0.3, -0.25) is 14.5 Å². The molecule has 1 saturated carbocycles. The molecule has 4 aromatic rings. The summed E-state index contributed by atoms with van der Waals surface area (Å²) in [5, 5.41) is 7.33. The number of piperidine rings is 1. The zero-order valence-electron chi connectivity index (χ0n) is 22.2. The standard InChI is InChI=1S/C31H33N5O3.CH4/c1-21-8-11-26(39-30-13-12-29-32-28(20-36(29)34-30)33-31(38)23-9-10-23)17-25(21)18-27(37)24-7-5-6-22(16-24)19-35-14-3-2-4-15-35;/h5-8,11-13,16-17,20,23H,2-4,9-10,14-15,18-19H2,1H3,(H,33,38);1H4. The Labute approximate surface area is 235 Å². The van der Waals surface area contributed by atoms with Crippen LogP contribution in [-0.4, -0.2) is 44.3 Å². The number of fused-ring (bicyclic) bond motifs is 1. The number of hydrogen-bond donors (Lipinski definition) is 1. The number of ether oxygens (including phenoxy) is 1. The molecule has 0 unspecified atom stereocenters. The number of aromatic nitrogens is 3. The number of nitrogens with one attached hydrogen (secondary N) is 1. The van der Waals surface area contributed by atoms with Gasteiger partial charge in [-0.15, -0.1) is 5.10 Å². The van der Waals surface area contributed by atoms with Gasteiger partial charge in [0.2, 0.25) is 11.8 Å². The zero-order chi connectivity index (χ0) is 26.8. The summed E-state index contributed by atoms with van der Waals surface area (Å²) in [6.07, 6.45) is 7.67. The largest absolute Gasteiger partial charge is 0.438 e. The lowest BCUT2D eigenvalue weighted by Gasteiger charge is -2.26. The van der Waals surface area contributed by atoms with Crippen LogP contribution in [0, 0.1) is 12.8 Å². The van der Waals surface area contributed by atoms with Crippen LogP contribution >= 0.6 is 0 Å². The lowest BCUT2D eigenvalue weighted by atomic mass is 9.98. The average molecular weight is 540 g/mol. The summed E-state index contributed by atoms with van der Waals surface area (Å²) in [7, 11) is 0. The molecule has 208 valence electrons. The molecule has 8 heteroatoms. The third-order valence-electron chi connectivity index (χ3n) is 7.49. The highest BCUT2D eigenvalue weighted by atomic mass is 16.5. The minimum Gasteiger partial charge on any atom is -0.438 e. The third-order valence-corrected chi connectivity index (χ3v) is 7.49. The number of ketones is 1. The Morgan fingerprint density at radius 1 is 1.02 bits per heavy atom. The van der Waals surface area contributed by atoms with Crippen LogP contribution in [-0.2, 0) is 17.8 Å². The van der Waals surface area contributed by atoms with Crippen molar-refractivity contribution >= 4 is 23.2 Å². The molecule has 1 amide bonds. The summed E-state index contributed by atoms with van der Waals surface area (Å²) in [6, 6.07) is 17.3. The number of hydrogen-bond acceptors (Lipinski definition) is 6. The molecule has 1 aliphatic carbocycles. The minimum atomic E-state index is 0. The SMILES string of the molecule is C.Cc1ccc(Oc2ccc3nc(NC(=O)C4CC4)cn3n2)cc1CC(=O)c1cccc(CN2CCCCC2)c1. The molecule has 0 atom stereocenters. The molecule has 2 aromatic heterocycles. The van der Waals surface area contributed by atoms with E-state index in [9.17, 15) is 9.59 Å². The van der Waals surface area contributed by atoms with Crippen molar-refractivity contribution in [1.29, 1.82) is 0 Å². The minimum absolute atomic E-state index is 0. The molecule has 1 N–H and O–H groups in total. The number of likely N-dealkylation sites (tertiary alicyclic amines) is 1. The van der Waals surface area contributed by atoms with Gasteiger partial charge in [0.15, 0.2) is 17.2 Å². The van der Waals surface area contributed by atoms with Crippen molar-refractivity contribution < 1.29 is 14.3 Å². The Morgan fingerprint density at radius 3 is 2.65 bits per heavy atom. The second kappa shape index (κ2) is 12.0. The number of anilines is 1. The van der Waals surface area contributed by atoms with Crippen molar-refractivity contribution in [2.75, 3.05) is 18.4 Å². The van der Waals surface area contributed by atoms with Crippen molar-refractivity contribution in [2.24, 2.45) is 5.92 Å². The predicted molar refractivity (Wildman–Crippen MR) is 156 cm³/mol. The number of amides is 1. The molecule has 6 rings (SSSR count). The molecule has 0 spiro atoms. The smallest absolute Gasteiger partial charge is 0.237 e. The average Bonchev–Trinajstić information content (AvgIpc) is 3.72. The highest BCUT2D eigenvalue weighted by Gasteiger charge is 2.30. The Balaban J connectivity index is 0.00000323. The fraction of sp³-hybridized carbons (Fsp3) is 0.375. The predicted octanol–water partition coefficient (Wildman–Crippen LogP) is 6.23. The van der Waals surface area contributed by atoms with Gasteiger partial charge in [0.25, 0.3) is 0 Å². The summed E-state index contributed by atoms with van der Waals surface area (Å²) in [6.45, 7) is 5.16. The van der Waals surface area contributed by atoms with E-state index in [0.29, 0.717) is 29.5 Å². The van der Waals surface area contributed by atoms with Crippen LogP contribution in [0.1, 0.15) is 66.6 Å². The maximum absolute atomic E-state index is 13.2. The molecule has 2 aliphatic rings. The topological polar surface area (TPSA) is 88.8 Å². The lowest BCUT2D eigenvalue weighted by molar-refractivity contribution is -0.117. The number of aryl methyl sites for hydroxylation is 1. The summed E-state index contributed by atoms with van der Waals surface area (Å²) < 4.78 is 7.64. The molecule has 40 heavy (non-hydrogen) atoms. The van der Waals surface area contributed by atoms with Gasteiger partial charge in [0.1, 0.15) is 5.75 Å². The summed E-state index contributed by atoms with van der Waals surface area (Å²) >= 11 is 0. The van der Waals surface area contributed by atoms with E-state index in [0.717, 1.165) is 49.2 Å². The van der Waals surface area contributed by atoms with Crippen molar-refractivity contribution in [2.45, 2.75) is 59.4 Å². The van der Waals surface area contributed by atoms with E-state index >= 15 is 0 Å². The van der Waals surface area contributed by atoms with Gasteiger partial charge in [-0.05, 0) is 86.7 Å². The van der Waals surface area contributed by atoms with E-state index in [1.165, 1.54) is 24.8 Å². The first-order valence-corrected chi connectivity index (χ1v) is 13.8. The highest BCUT2D eigenvalue weighted by Crippen LogP contribution is 2.30. The second-order valence-corrected chi connectivity index (χ2v) is 10.7. The number of benzene rings is 2. The monoisotopic (exact) mass is 539 g/mol. The van der Waals surface area contributed by atoms with Gasteiger partial charge in [0, 0.05) is 30.5 Å². The first kappa shape index (κ1) is 27.5. The van der Waals surface area contributed by atoms with Crippen LogP contribution in [0.25, 0.3) is 5.65 Å². The van der Waals surface area contributed by atoms with Crippen LogP contribution in [0.5, 0.6) is 11.6 Å². The van der Waals surface area contributed by atoms with Crippen LogP contribution in [0.4, 0.5) is 5.82 Å². The Morgan fingerprint density at radius 2 is 1.85 bits per heavy atom. The fourth-order valence-corrected chi connectivity index (χ4v) is 5.07. The van der Waals surface area contributed by atoms with Crippen molar-refractivity contribution in [1.82, 2.24) is 19.5 Å². The van der Waals surface area contributed by atoms with E-state index in [1.807, 2.05) is 43.3 Å². The van der Waals surface area contributed by atoms with Crippen molar-refractivity contribution in [3.05, 3.63) is 83.0 Å². The first-order chi connectivity index (χ1) is 19.0. The fourth-order valence-electron chi connectivity index (χ4n) is 5.07. The van der Waals surface area contributed by atoms with Gasteiger partial charge in [0.05, 0.1) is 6.20 Å². The van der Waals surface area contributed by atoms with Crippen LogP contribution < -0.4 is 10.1 Å². The summed E-state index contributed by atoms with van der Waals surface area (Å²) in [5.74, 6) is 1.68. The Bertz CT molecular complexity index is 1520. The number of imidazole rings is 1. The van der Waals surface area contributed by atoms with Gasteiger partial charge in [-0.1, -0.05) is 38.1 Å². The number of nitrogens with zero attached hydrogens (tertiary/aromatic N) is 4. The van der Waals surface area contributed by atoms with E-state index < -0.39 is 0 Å². The number of rotatable bonds is 9. The molecule has 0 bridgehead atoms. The van der Waals surface area contributed by atoms with Crippen molar-refractivity contribution in [3.8, 4) is 11.6 Å². The zero-order valence-corrected chi connectivity index (χ0v) is 22.2. The lowest BCUT2D eigenvalue weighted by Crippen LogP contribution is -2.29. The van der Waals surface area contributed by atoms with Crippen LogP contribution in [0.2, 0.25) is 0 Å². The van der Waals surface area contributed by atoms with E-state index in [2.05, 4.69) is 26.4 Å². The van der Waals surface area contributed by atoms with Gasteiger partial charge in [-0.25, -0.2) is 9.50 Å². The first-order valence-electron chi connectivity index (χ1n) is 13.8. The molecule has 1 aliphatic heterocycles. The Hall–Kier alpha value is -4.04. The molecule has 0 radical (unpaired) electrons. The van der Waals surface area contributed by atoms with Crippen LogP contribution in [0.15, 0.2) is 60.8 Å². The molecule has 1 saturated heterocycles. The molecule has 3 heterocycles. The summed E-state index contributed by atoms with van der Waals surface area (Å²) in [5.41, 5.74) is 4.51. The molecular weight excluding hydrogens is 502 g/mol. The van der Waals surface area contributed by atoms with E-state index in [-0.39, 0.29) is 25.0 Å². The summed E-state index contributed by atoms with van der Waals surface area (Å²) in [4.78, 5) is 32.2. The van der Waals surface area contributed by atoms with Crippen molar-refractivity contribution in [3.63, 3.8) is 0 Å². The maximum atomic E-state index is 13.2. The normalized spacial score (nSPS) is 15.4. The highest BCUT2D eigenvalue weighted by molar-refractivity contribution is 5.98. The Kier molecular flexibility index (Phi) is 8.26. The molecule has 2 aromatic carbocycles. The van der Waals surface area contributed by atoms with Gasteiger partial charge < -0.3 is 10.1 Å². The van der Waals surface area contributed by atoms with Gasteiger partial charge in [-0.2, -0.15) is 0 Å². The maximum Gasteiger partial charge on any atom is 0.237 e. The molecule has 2 fully saturated rings. The van der Waals surface area contributed by atoms with Gasteiger partial charge >= 0.3 is 0 Å².